The minimum Gasteiger partial charge on any atom is -0.394 e. The molecule has 0 aliphatic carbocycles. The number of amides is 1. The van der Waals surface area contributed by atoms with Gasteiger partial charge in [0.05, 0.1) is 18.8 Å². The SMILES string of the molecule is CCCCCCCCCCCCCC/C=C\CCCCCCCCC(O)C(=O)NC(CO)C(O)CCCCCCCCCCCCCC. The molecule has 4 N–H and O–H groups in total. The lowest BCUT2D eigenvalue weighted by atomic mass is 10.0. The van der Waals surface area contributed by atoms with E-state index in [1.807, 2.05) is 0 Å². The molecule has 3 unspecified atom stereocenters. The maximum absolute atomic E-state index is 12.4. The summed E-state index contributed by atoms with van der Waals surface area (Å²) in [5.74, 6) is -0.474. The second kappa shape index (κ2) is 38.9. The van der Waals surface area contributed by atoms with Crippen LogP contribution < -0.4 is 5.32 Å². The molecule has 0 aromatic heterocycles. The molecular formula is C43H85NO4. The first-order chi connectivity index (χ1) is 23.6. The lowest BCUT2D eigenvalue weighted by molar-refractivity contribution is -0.131. The van der Waals surface area contributed by atoms with E-state index in [9.17, 15) is 20.1 Å². The first-order valence-corrected chi connectivity index (χ1v) is 21.5. The smallest absolute Gasteiger partial charge is 0.249 e. The van der Waals surface area contributed by atoms with Crippen molar-refractivity contribution >= 4 is 5.91 Å². The molecule has 3 atom stereocenters. The molecule has 0 saturated carbocycles. The Hall–Kier alpha value is -0.910. The van der Waals surface area contributed by atoms with E-state index >= 15 is 0 Å². The van der Waals surface area contributed by atoms with Crippen LogP contribution in [0.15, 0.2) is 12.2 Å². The van der Waals surface area contributed by atoms with Gasteiger partial charge in [0.1, 0.15) is 6.10 Å². The van der Waals surface area contributed by atoms with Crippen molar-refractivity contribution in [2.45, 2.75) is 250 Å². The number of hydrogen-bond acceptors (Lipinski definition) is 4. The molecule has 0 spiro atoms. The molecule has 0 aromatic carbocycles. The van der Waals surface area contributed by atoms with Crippen molar-refractivity contribution in [3.63, 3.8) is 0 Å². The van der Waals surface area contributed by atoms with Crippen LogP contribution in [0.2, 0.25) is 0 Å². The normalized spacial score (nSPS) is 13.7. The van der Waals surface area contributed by atoms with Crippen molar-refractivity contribution in [1.82, 2.24) is 5.32 Å². The number of carbonyl (C=O) groups is 1. The van der Waals surface area contributed by atoms with Crippen LogP contribution in [0.1, 0.15) is 232 Å². The van der Waals surface area contributed by atoms with E-state index < -0.39 is 24.2 Å². The highest BCUT2D eigenvalue weighted by Gasteiger charge is 2.23. The summed E-state index contributed by atoms with van der Waals surface area (Å²) in [6.07, 6.45) is 45.0. The molecule has 286 valence electrons. The zero-order valence-corrected chi connectivity index (χ0v) is 32.4. The number of rotatable bonds is 39. The number of hydrogen-bond donors (Lipinski definition) is 4. The van der Waals surface area contributed by atoms with Gasteiger partial charge < -0.3 is 20.6 Å². The van der Waals surface area contributed by atoms with Crippen LogP contribution in [-0.2, 0) is 4.79 Å². The van der Waals surface area contributed by atoms with Crippen LogP contribution in [0.4, 0.5) is 0 Å². The molecule has 0 rings (SSSR count). The molecule has 0 heterocycles. The number of carbonyl (C=O) groups excluding carboxylic acids is 1. The Kier molecular flexibility index (Phi) is 38.1. The average Bonchev–Trinajstić information content (AvgIpc) is 3.09. The maximum atomic E-state index is 12.4. The summed E-state index contributed by atoms with van der Waals surface area (Å²) in [5, 5.41) is 33.2. The molecule has 1 amide bonds. The number of allylic oxidation sites excluding steroid dienone is 2. The number of unbranched alkanes of at least 4 members (excludes halogenated alkanes) is 29. The van der Waals surface area contributed by atoms with Crippen molar-refractivity contribution in [1.29, 1.82) is 0 Å². The number of aliphatic hydroxyl groups is 3. The van der Waals surface area contributed by atoms with Gasteiger partial charge in [0, 0.05) is 0 Å². The average molecular weight is 680 g/mol. The fourth-order valence-corrected chi connectivity index (χ4v) is 6.72. The van der Waals surface area contributed by atoms with Gasteiger partial charge in [-0.05, 0) is 38.5 Å². The predicted molar refractivity (Wildman–Crippen MR) is 208 cm³/mol. The first-order valence-electron chi connectivity index (χ1n) is 21.5. The third kappa shape index (κ3) is 33.6. The van der Waals surface area contributed by atoms with Gasteiger partial charge in [0.25, 0.3) is 0 Å². The third-order valence-corrected chi connectivity index (χ3v) is 10.1. The van der Waals surface area contributed by atoms with Crippen molar-refractivity contribution in [3.05, 3.63) is 12.2 Å². The van der Waals surface area contributed by atoms with Crippen LogP contribution in [0.5, 0.6) is 0 Å². The monoisotopic (exact) mass is 680 g/mol. The van der Waals surface area contributed by atoms with Crippen LogP contribution in [0, 0.1) is 0 Å². The standard InChI is InChI=1S/C43H85NO4/c1-3-5-7-9-11-13-15-17-18-19-20-21-22-23-24-25-26-28-30-32-34-36-38-42(47)43(48)44-40(39-45)41(46)37-35-33-31-29-27-16-14-12-10-8-6-4-2/h23-24,40-42,45-47H,3-22,25-39H2,1-2H3,(H,44,48)/b24-23-. The summed E-state index contributed by atoms with van der Waals surface area (Å²) in [4.78, 5) is 12.4. The van der Waals surface area contributed by atoms with Gasteiger partial charge in [-0.25, -0.2) is 0 Å². The Bertz CT molecular complexity index is 669. The molecule has 5 nitrogen and oxygen atoms in total. The Morgan fingerprint density at radius 3 is 1.15 bits per heavy atom. The van der Waals surface area contributed by atoms with Crippen molar-refractivity contribution in [3.8, 4) is 0 Å². The van der Waals surface area contributed by atoms with E-state index in [1.54, 1.807) is 0 Å². The summed E-state index contributed by atoms with van der Waals surface area (Å²) >= 11 is 0. The minimum absolute atomic E-state index is 0.313. The molecule has 0 radical (unpaired) electrons. The largest absolute Gasteiger partial charge is 0.394 e. The highest BCUT2D eigenvalue weighted by molar-refractivity contribution is 5.80. The fraction of sp³-hybridized carbons (Fsp3) is 0.930. The molecule has 0 aromatic rings. The van der Waals surface area contributed by atoms with Crippen LogP contribution >= 0.6 is 0 Å². The van der Waals surface area contributed by atoms with Crippen LogP contribution in [-0.4, -0.2) is 46.1 Å². The maximum Gasteiger partial charge on any atom is 0.249 e. The summed E-state index contributed by atoms with van der Waals surface area (Å²) in [6.45, 7) is 4.23. The van der Waals surface area contributed by atoms with Gasteiger partial charge in [-0.3, -0.25) is 4.79 Å². The van der Waals surface area contributed by atoms with Gasteiger partial charge in [0.2, 0.25) is 5.91 Å². The van der Waals surface area contributed by atoms with E-state index in [-0.39, 0.29) is 6.61 Å². The highest BCUT2D eigenvalue weighted by Crippen LogP contribution is 2.16. The summed E-state index contributed by atoms with van der Waals surface area (Å²) < 4.78 is 0. The quantitative estimate of drug-likeness (QED) is 0.0384. The van der Waals surface area contributed by atoms with Crippen LogP contribution in [0.25, 0.3) is 0 Å². The van der Waals surface area contributed by atoms with Crippen molar-refractivity contribution in [2.24, 2.45) is 0 Å². The number of nitrogens with one attached hydrogen (secondary N) is 1. The summed E-state index contributed by atoms with van der Waals surface area (Å²) in [6, 6.07) is -0.710. The van der Waals surface area contributed by atoms with E-state index in [0.29, 0.717) is 12.8 Å². The van der Waals surface area contributed by atoms with Crippen molar-refractivity contribution < 1.29 is 20.1 Å². The highest BCUT2D eigenvalue weighted by atomic mass is 16.3. The second-order valence-electron chi connectivity index (χ2n) is 14.9. The van der Waals surface area contributed by atoms with E-state index in [1.165, 1.54) is 173 Å². The molecule has 5 heteroatoms. The Labute approximate surface area is 299 Å². The van der Waals surface area contributed by atoms with Gasteiger partial charge in [-0.1, -0.05) is 206 Å². The Balaban J connectivity index is 3.60. The number of aliphatic hydroxyl groups excluding tert-OH is 3. The molecular weight excluding hydrogens is 594 g/mol. The summed E-state index contributed by atoms with van der Waals surface area (Å²) in [7, 11) is 0. The van der Waals surface area contributed by atoms with Crippen LogP contribution in [0.3, 0.4) is 0 Å². The molecule has 0 aliphatic rings. The van der Waals surface area contributed by atoms with E-state index in [0.717, 1.165) is 32.1 Å². The van der Waals surface area contributed by atoms with Crippen molar-refractivity contribution in [2.75, 3.05) is 6.61 Å². The topological polar surface area (TPSA) is 89.8 Å². The second-order valence-corrected chi connectivity index (χ2v) is 14.9. The zero-order chi connectivity index (χ0) is 35.2. The van der Waals surface area contributed by atoms with Gasteiger partial charge in [0.15, 0.2) is 0 Å². The lowest BCUT2D eigenvalue weighted by Crippen LogP contribution is -2.49. The fourth-order valence-electron chi connectivity index (χ4n) is 6.72. The molecule has 0 saturated heterocycles. The third-order valence-electron chi connectivity index (χ3n) is 10.1. The first kappa shape index (κ1) is 47.1. The molecule has 48 heavy (non-hydrogen) atoms. The minimum atomic E-state index is -1.08. The summed E-state index contributed by atoms with van der Waals surface area (Å²) in [5.41, 5.74) is 0. The van der Waals surface area contributed by atoms with Gasteiger partial charge in [-0.15, -0.1) is 0 Å². The lowest BCUT2D eigenvalue weighted by Gasteiger charge is -2.23. The molecule has 0 bridgehead atoms. The van der Waals surface area contributed by atoms with Gasteiger partial charge >= 0.3 is 0 Å². The Morgan fingerprint density at radius 1 is 0.479 bits per heavy atom. The molecule has 0 aliphatic heterocycles. The van der Waals surface area contributed by atoms with E-state index in [4.69, 9.17) is 0 Å². The molecule has 0 fully saturated rings. The van der Waals surface area contributed by atoms with Gasteiger partial charge in [-0.2, -0.15) is 0 Å². The predicted octanol–water partition coefficient (Wildman–Crippen LogP) is 12.0. The Morgan fingerprint density at radius 2 is 0.792 bits per heavy atom. The zero-order valence-electron chi connectivity index (χ0n) is 32.4. The van der Waals surface area contributed by atoms with E-state index in [2.05, 4.69) is 31.3 Å².